The molecule has 1 atom stereocenters. The van der Waals surface area contributed by atoms with Crippen LogP contribution in [0.2, 0.25) is 5.02 Å². The number of carbonyl (C=O) groups excluding carboxylic acids is 2. The summed E-state index contributed by atoms with van der Waals surface area (Å²) in [4.78, 5) is 24.2. The first kappa shape index (κ1) is 19.7. The molecule has 0 saturated carbocycles. The number of esters is 1. The fourth-order valence-corrected chi connectivity index (χ4v) is 2.57. The molecule has 0 fully saturated rings. The number of alkyl halides is 2. The maximum absolute atomic E-state index is 12.5. The summed E-state index contributed by atoms with van der Waals surface area (Å²) in [5.74, 6) is -1.25. The molecule has 0 aliphatic carbocycles. The van der Waals surface area contributed by atoms with Crippen LogP contribution >= 0.6 is 11.6 Å². The topological polar surface area (TPSA) is 64.6 Å². The molecule has 0 saturated heterocycles. The number of carbonyl (C=O) groups is 2. The largest absolute Gasteiger partial charge is 0.469 e. The van der Waals surface area contributed by atoms with Crippen molar-refractivity contribution < 1.29 is 27.8 Å². The third-order valence-corrected chi connectivity index (χ3v) is 3.85. The fraction of sp³-hybridized carbons (Fsp3) is 0.222. The van der Waals surface area contributed by atoms with Crippen molar-refractivity contribution in [1.82, 2.24) is 5.32 Å². The van der Waals surface area contributed by atoms with Crippen LogP contribution in [-0.4, -0.2) is 25.6 Å². The number of hydrogen-bond acceptors (Lipinski definition) is 4. The normalized spacial score (nSPS) is 11.7. The standard InChI is InChI=1S/C18H16ClF2NO4/c1-25-16(23)10-15(13-7-2-3-8-14(13)19)22-17(24)11-5-4-6-12(9-11)26-18(20)21/h2-9,15,18H,10H2,1H3,(H,22,24). The van der Waals surface area contributed by atoms with Crippen molar-refractivity contribution in [3.05, 3.63) is 64.7 Å². The van der Waals surface area contributed by atoms with Crippen LogP contribution in [0, 0.1) is 0 Å². The molecule has 1 N–H and O–H groups in total. The second-order valence-corrected chi connectivity index (χ2v) is 5.64. The van der Waals surface area contributed by atoms with Gasteiger partial charge in [0.25, 0.3) is 5.91 Å². The quantitative estimate of drug-likeness (QED) is 0.735. The molecule has 2 aromatic carbocycles. The van der Waals surface area contributed by atoms with Gasteiger partial charge < -0.3 is 14.8 Å². The van der Waals surface area contributed by atoms with E-state index in [9.17, 15) is 18.4 Å². The Bertz CT molecular complexity index is 785. The number of amides is 1. The number of benzene rings is 2. The molecule has 0 aliphatic rings. The zero-order valence-corrected chi connectivity index (χ0v) is 14.5. The molecule has 8 heteroatoms. The molecule has 0 aliphatic heterocycles. The molecule has 0 heterocycles. The third kappa shape index (κ3) is 5.42. The van der Waals surface area contributed by atoms with Crippen molar-refractivity contribution >= 4 is 23.5 Å². The average Bonchev–Trinajstić information content (AvgIpc) is 2.61. The summed E-state index contributed by atoms with van der Waals surface area (Å²) in [5.41, 5.74) is 0.637. The van der Waals surface area contributed by atoms with Crippen molar-refractivity contribution in [2.24, 2.45) is 0 Å². The van der Waals surface area contributed by atoms with Crippen molar-refractivity contribution in [1.29, 1.82) is 0 Å². The van der Waals surface area contributed by atoms with Gasteiger partial charge in [0, 0.05) is 10.6 Å². The highest BCUT2D eigenvalue weighted by atomic mass is 35.5. The lowest BCUT2D eigenvalue weighted by molar-refractivity contribution is -0.141. The Morgan fingerprint density at radius 2 is 1.88 bits per heavy atom. The first-order chi connectivity index (χ1) is 12.4. The van der Waals surface area contributed by atoms with Gasteiger partial charge in [-0.25, -0.2) is 0 Å². The minimum absolute atomic E-state index is 0.102. The molecule has 2 aromatic rings. The summed E-state index contributed by atoms with van der Waals surface area (Å²) in [6.07, 6.45) is -0.140. The minimum atomic E-state index is -3.00. The van der Waals surface area contributed by atoms with Crippen LogP contribution < -0.4 is 10.1 Å². The van der Waals surface area contributed by atoms with Crippen LogP contribution in [-0.2, 0) is 9.53 Å². The maximum atomic E-state index is 12.5. The Labute approximate surface area is 153 Å². The Morgan fingerprint density at radius 3 is 2.54 bits per heavy atom. The fourth-order valence-electron chi connectivity index (χ4n) is 2.30. The van der Waals surface area contributed by atoms with Crippen LogP contribution in [0.3, 0.4) is 0 Å². The van der Waals surface area contributed by atoms with Gasteiger partial charge in [-0.2, -0.15) is 8.78 Å². The van der Waals surface area contributed by atoms with Crippen LogP contribution in [0.25, 0.3) is 0 Å². The molecule has 5 nitrogen and oxygen atoms in total. The lowest BCUT2D eigenvalue weighted by Crippen LogP contribution is -2.30. The summed E-state index contributed by atoms with van der Waals surface area (Å²) in [6.45, 7) is -3.00. The van der Waals surface area contributed by atoms with Crippen molar-refractivity contribution in [2.45, 2.75) is 19.1 Å². The summed E-state index contributed by atoms with van der Waals surface area (Å²) in [6, 6.07) is 11.3. The predicted octanol–water partition coefficient (Wildman–Crippen LogP) is 3.98. The SMILES string of the molecule is COC(=O)CC(NC(=O)c1cccc(OC(F)F)c1)c1ccccc1Cl. The van der Waals surface area contributed by atoms with Gasteiger partial charge in [0.1, 0.15) is 5.75 Å². The van der Waals surface area contributed by atoms with E-state index in [0.717, 1.165) is 0 Å². The Hall–Kier alpha value is -2.67. The highest BCUT2D eigenvalue weighted by Crippen LogP contribution is 2.26. The minimum Gasteiger partial charge on any atom is -0.469 e. The molecule has 0 spiro atoms. The Morgan fingerprint density at radius 1 is 1.15 bits per heavy atom. The molecule has 138 valence electrons. The molecule has 0 radical (unpaired) electrons. The zero-order chi connectivity index (χ0) is 19.1. The monoisotopic (exact) mass is 383 g/mol. The highest BCUT2D eigenvalue weighted by Gasteiger charge is 2.22. The van der Waals surface area contributed by atoms with Crippen LogP contribution in [0.15, 0.2) is 48.5 Å². The van der Waals surface area contributed by atoms with Gasteiger partial charge in [-0.05, 0) is 29.8 Å². The lowest BCUT2D eigenvalue weighted by Gasteiger charge is -2.19. The summed E-state index contributed by atoms with van der Waals surface area (Å²) in [5, 5.41) is 3.04. The van der Waals surface area contributed by atoms with Gasteiger partial charge in [0.2, 0.25) is 0 Å². The van der Waals surface area contributed by atoms with Gasteiger partial charge in [-0.15, -0.1) is 0 Å². The summed E-state index contributed by atoms with van der Waals surface area (Å²) >= 11 is 6.15. The van der Waals surface area contributed by atoms with Crippen LogP contribution in [0.4, 0.5) is 8.78 Å². The molecular formula is C18H16ClF2NO4. The first-order valence-corrected chi connectivity index (χ1v) is 7.95. The number of hydrogen-bond donors (Lipinski definition) is 1. The van der Waals surface area contributed by atoms with Gasteiger partial charge in [0.15, 0.2) is 0 Å². The Kier molecular flexibility index (Phi) is 6.91. The molecular weight excluding hydrogens is 368 g/mol. The molecule has 26 heavy (non-hydrogen) atoms. The second kappa shape index (κ2) is 9.15. The average molecular weight is 384 g/mol. The van der Waals surface area contributed by atoms with E-state index >= 15 is 0 Å². The van der Waals surface area contributed by atoms with E-state index in [4.69, 9.17) is 11.6 Å². The van der Waals surface area contributed by atoms with Gasteiger partial charge in [-0.3, -0.25) is 9.59 Å². The third-order valence-electron chi connectivity index (χ3n) is 3.51. The predicted molar refractivity (Wildman–Crippen MR) is 91.4 cm³/mol. The van der Waals surface area contributed by atoms with E-state index in [1.165, 1.54) is 31.4 Å². The number of methoxy groups -OCH3 is 1. The lowest BCUT2D eigenvalue weighted by atomic mass is 10.0. The smallest absolute Gasteiger partial charge is 0.387 e. The van der Waals surface area contributed by atoms with E-state index in [0.29, 0.717) is 10.6 Å². The number of ether oxygens (including phenoxy) is 2. The van der Waals surface area contributed by atoms with E-state index < -0.39 is 24.5 Å². The maximum Gasteiger partial charge on any atom is 0.387 e. The highest BCUT2D eigenvalue weighted by molar-refractivity contribution is 6.31. The van der Waals surface area contributed by atoms with Crippen molar-refractivity contribution in [3.63, 3.8) is 0 Å². The van der Waals surface area contributed by atoms with Crippen LogP contribution in [0.5, 0.6) is 5.75 Å². The number of halogens is 3. The molecule has 1 unspecified atom stereocenters. The van der Waals surface area contributed by atoms with Crippen molar-refractivity contribution in [3.8, 4) is 5.75 Å². The molecule has 1 amide bonds. The zero-order valence-electron chi connectivity index (χ0n) is 13.7. The number of nitrogens with one attached hydrogen (secondary N) is 1. The van der Waals surface area contributed by atoms with E-state index in [2.05, 4.69) is 14.8 Å². The van der Waals surface area contributed by atoms with Gasteiger partial charge in [-0.1, -0.05) is 35.9 Å². The van der Waals surface area contributed by atoms with Gasteiger partial charge >= 0.3 is 12.6 Å². The van der Waals surface area contributed by atoms with Crippen molar-refractivity contribution in [2.75, 3.05) is 7.11 Å². The van der Waals surface area contributed by atoms with Crippen LogP contribution in [0.1, 0.15) is 28.4 Å². The molecule has 2 rings (SSSR count). The Balaban J connectivity index is 2.23. The van der Waals surface area contributed by atoms with Gasteiger partial charge in [0.05, 0.1) is 19.6 Å². The van der Waals surface area contributed by atoms with E-state index in [1.54, 1.807) is 24.3 Å². The molecule has 0 aromatic heterocycles. The summed E-state index contributed by atoms with van der Waals surface area (Å²) in [7, 11) is 1.24. The van der Waals surface area contributed by atoms with E-state index in [1.807, 2.05) is 0 Å². The molecule has 0 bridgehead atoms. The first-order valence-electron chi connectivity index (χ1n) is 7.57. The second-order valence-electron chi connectivity index (χ2n) is 5.23. The van der Waals surface area contributed by atoms with E-state index in [-0.39, 0.29) is 17.7 Å². The summed E-state index contributed by atoms with van der Waals surface area (Å²) < 4.78 is 33.6. The number of rotatable bonds is 7.